The number of amides is 2. The third-order valence-electron chi connectivity index (χ3n) is 3.61. The second-order valence-corrected chi connectivity index (χ2v) is 6.35. The molecular weight excluding hydrogens is 380 g/mol. The van der Waals surface area contributed by atoms with E-state index in [0.29, 0.717) is 21.6 Å². The second kappa shape index (κ2) is 7.27. The van der Waals surface area contributed by atoms with Crippen molar-refractivity contribution in [3.8, 4) is 0 Å². The van der Waals surface area contributed by atoms with Crippen LogP contribution in [0.3, 0.4) is 0 Å². The first kappa shape index (κ1) is 18.1. The molecule has 2 N–H and O–H groups in total. The van der Waals surface area contributed by atoms with E-state index in [1.165, 1.54) is 42.5 Å². The third kappa shape index (κ3) is 3.76. The molecule has 0 unspecified atom stereocenters. The van der Waals surface area contributed by atoms with Gasteiger partial charge in [-0.25, -0.2) is 4.39 Å². The van der Waals surface area contributed by atoms with Crippen molar-refractivity contribution in [2.24, 2.45) is 0 Å². The summed E-state index contributed by atoms with van der Waals surface area (Å²) in [6, 6.07) is 9.84. The number of hydrazine groups is 1. The van der Waals surface area contributed by atoms with Crippen LogP contribution in [0.2, 0.25) is 10.0 Å². The number of aryl methyl sites for hydroxylation is 1. The Morgan fingerprint density at radius 2 is 1.65 bits per heavy atom. The van der Waals surface area contributed by atoms with Crippen LogP contribution >= 0.6 is 23.2 Å². The first-order valence-corrected chi connectivity index (χ1v) is 8.23. The number of carbonyl (C=O) groups is 2. The normalized spacial score (nSPS) is 10.6. The minimum atomic E-state index is -0.610. The van der Waals surface area contributed by atoms with Crippen molar-refractivity contribution in [2.45, 2.75) is 6.92 Å². The molecule has 26 heavy (non-hydrogen) atoms. The van der Waals surface area contributed by atoms with E-state index in [-0.39, 0.29) is 16.1 Å². The molecule has 5 nitrogen and oxygen atoms in total. The van der Waals surface area contributed by atoms with Gasteiger partial charge in [0.2, 0.25) is 0 Å². The van der Waals surface area contributed by atoms with Crippen LogP contribution in [-0.2, 0) is 0 Å². The van der Waals surface area contributed by atoms with E-state index in [2.05, 4.69) is 15.8 Å². The van der Waals surface area contributed by atoms with Gasteiger partial charge < -0.3 is 0 Å². The quantitative estimate of drug-likeness (QED) is 0.646. The average molecular weight is 392 g/mol. The molecule has 1 heterocycles. The van der Waals surface area contributed by atoms with Gasteiger partial charge in [0.05, 0.1) is 21.7 Å². The Labute approximate surface area is 158 Å². The summed E-state index contributed by atoms with van der Waals surface area (Å²) in [6.07, 6.45) is 0. The number of pyridine rings is 1. The Kier molecular flexibility index (Phi) is 5.06. The SMILES string of the molecule is Cc1cc(C(=O)NNC(=O)c2ccc(Cl)cc2Cl)c2cc(F)ccc2n1. The molecule has 2 amide bonds. The summed E-state index contributed by atoms with van der Waals surface area (Å²) in [7, 11) is 0. The number of nitrogens with zero attached hydrogens (tertiary/aromatic N) is 1. The van der Waals surface area contributed by atoms with E-state index in [1.807, 2.05) is 0 Å². The highest BCUT2D eigenvalue weighted by atomic mass is 35.5. The van der Waals surface area contributed by atoms with Crippen molar-refractivity contribution in [3.63, 3.8) is 0 Å². The van der Waals surface area contributed by atoms with Crippen LogP contribution in [0.5, 0.6) is 0 Å². The summed E-state index contributed by atoms with van der Waals surface area (Å²) in [5.74, 6) is -1.71. The van der Waals surface area contributed by atoms with Gasteiger partial charge in [-0.2, -0.15) is 0 Å². The van der Waals surface area contributed by atoms with E-state index in [1.54, 1.807) is 6.92 Å². The maximum Gasteiger partial charge on any atom is 0.271 e. The number of fused-ring (bicyclic) bond motifs is 1. The summed E-state index contributed by atoms with van der Waals surface area (Å²) in [6.45, 7) is 1.71. The number of rotatable bonds is 2. The van der Waals surface area contributed by atoms with Crippen molar-refractivity contribution < 1.29 is 14.0 Å². The van der Waals surface area contributed by atoms with Gasteiger partial charge in [-0.15, -0.1) is 0 Å². The van der Waals surface area contributed by atoms with Gasteiger partial charge in [0, 0.05) is 16.1 Å². The first-order valence-electron chi connectivity index (χ1n) is 7.48. The molecule has 0 saturated carbocycles. The largest absolute Gasteiger partial charge is 0.271 e. The zero-order chi connectivity index (χ0) is 18.8. The predicted molar refractivity (Wildman–Crippen MR) is 97.8 cm³/mol. The molecule has 0 spiro atoms. The van der Waals surface area contributed by atoms with Gasteiger partial charge >= 0.3 is 0 Å². The second-order valence-electron chi connectivity index (χ2n) is 5.51. The molecule has 0 atom stereocenters. The maximum absolute atomic E-state index is 13.5. The molecule has 0 saturated heterocycles. The van der Waals surface area contributed by atoms with Crippen molar-refractivity contribution in [1.29, 1.82) is 0 Å². The van der Waals surface area contributed by atoms with Gasteiger partial charge in [0.15, 0.2) is 0 Å². The summed E-state index contributed by atoms with van der Waals surface area (Å²) < 4.78 is 13.5. The number of hydrogen-bond donors (Lipinski definition) is 2. The maximum atomic E-state index is 13.5. The van der Waals surface area contributed by atoms with Crippen LogP contribution in [0.15, 0.2) is 42.5 Å². The molecule has 0 radical (unpaired) electrons. The standard InChI is InChI=1S/C18H12Cl2FN3O2/c1-9-6-14(13-8-11(21)3-5-16(13)22-9)18(26)24-23-17(25)12-4-2-10(19)7-15(12)20/h2-8H,1H3,(H,23,25)(H,24,26). The Morgan fingerprint density at radius 3 is 2.35 bits per heavy atom. The highest BCUT2D eigenvalue weighted by Crippen LogP contribution is 2.21. The van der Waals surface area contributed by atoms with Crippen molar-refractivity contribution >= 4 is 45.9 Å². The highest BCUT2D eigenvalue weighted by molar-refractivity contribution is 6.36. The molecule has 0 aliphatic carbocycles. The summed E-state index contributed by atoms with van der Waals surface area (Å²) in [5.41, 5.74) is 5.97. The van der Waals surface area contributed by atoms with Crippen molar-refractivity contribution in [3.05, 3.63) is 75.1 Å². The molecule has 0 aliphatic heterocycles. The fraction of sp³-hybridized carbons (Fsp3) is 0.0556. The van der Waals surface area contributed by atoms with E-state index in [4.69, 9.17) is 23.2 Å². The topological polar surface area (TPSA) is 71.1 Å². The molecule has 0 fully saturated rings. The van der Waals surface area contributed by atoms with E-state index < -0.39 is 17.6 Å². The molecule has 2 aromatic carbocycles. The summed E-state index contributed by atoms with van der Waals surface area (Å²) in [4.78, 5) is 28.9. The van der Waals surface area contributed by atoms with Gasteiger partial charge in [-0.05, 0) is 49.4 Å². The fourth-order valence-corrected chi connectivity index (χ4v) is 2.93. The Balaban J connectivity index is 1.83. The monoisotopic (exact) mass is 391 g/mol. The van der Waals surface area contributed by atoms with Gasteiger partial charge in [-0.1, -0.05) is 23.2 Å². The van der Waals surface area contributed by atoms with Crippen LogP contribution in [0.1, 0.15) is 26.4 Å². The number of nitrogens with one attached hydrogen (secondary N) is 2. The van der Waals surface area contributed by atoms with Crippen molar-refractivity contribution in [2.75, 3.05) is 0 Å². The van der Waals surface area contributed by atoms with E-state index in [9.17, 15) is 14.0 Å². The fourth-order valence-electron chi connectivity index (χ4n) is 2.44. The number of carbonyl (C=O) groups excluding carboxylic acids is 2. The lowest BCUT2D eigenvalue weighted by molar-refractivity contribution is 0.0847. The molecule has 1 aromatic heterocycles. The lowest BCUT2D eigenvalue weighted by Gasteiger charge is -2.11. The summed E-state index contributed by atoms with van der Waals surface area (Å²) in [5, 5.41) is 0.875. The van der Waals surface area contributed by atoms with Crippen molar-refractivity contribution in [1.82, 2.24) is 15.8 Å². The lowest BCUT2D eigenvalue weighted by Crippen LogP contribution is -2.41. The Hall–Kier alpha value is -2.70. The first-order chi connectivity index (χ1) is 12.3. The van der Waals surface area contributed by atoms with E-state index in [0.717, 1.165) is 0 Å². The summed E-state index contributed by atoms with van der Waals surface area (Å²) >= 11 is 11.8. The number of benzene rings is 2. The van der Waals surface area contributed by atoms with Gasteiger partial charge in [-0.3, -0.25) is 25.4 Å². The predicted octanol–water partition coefficient (Wildman–Crippen LogP) is 4.06. The molecule has 0 aliphatic rings. The zero-order valence-electron chi connectivity index (χ0n) is 13.4. The number of hydrogen-bond acceptors (Lipinski definition) is 3. The van der Waals surface area contributed by atoms with Crippen LogP contribution in [0, 0.1) is 12.7 Å². The van der Waals surface area contributed by atoms with Gasteiger partial charge in [0.25, 0.3) is 11.8 Å². The molecule has 132 valence electrons. The van der Waals surface area contributed by atoms with Crippen LogP contribution in [-0.4, -0.2) is 16.8 Å². The smallest absolute Gasteiger partial charge is 0.267 e. The molecule has 8 heteroatoms. The minimum absolute atomic E-state index is 0.150. The lowest BCUT2D eigenvalue weighted by atomic mass is 10.1. The molecule has 3 rings (SSSR count). The minimum Gasteiger partial charge on any atom is -0.267 e. The van der Waals surface area contributed by atoms with E-state index >= 15 is 0 Å². The van der Waals surface area contributed by atoms with Gasteiger partial charge in [0.1, 0.15) is 5.82 Å². The van der Waals surface area contributed by atoms with Crippen LogP contribution in [0.4, 0.5) is 4.39 Å². The number of aromatic nitrogens is 1. The average Bonchev–Trinajstić information content (AvgIpc) is 2.59. The molecule has 0 bridgehead atoms. The number of halogens is 3. The Bertz CT molecular complexity index is 1040. The highest BCUT2D eigenvalue weighted by Gasteiger charge is 2.15. The van der Waals surface area contributed by atoms with Crippen LogP contribution in [0.25, 0.3) is 10.9 Å². The molecular formula is C18H12Cl2FN3O2. The third-order valence-corrected chi connectivity index (χ3v) is 4.16. The molecule has 3 aromatic rings. The Morgan fingerprint density at radius 1 is 0.962 bits per heavy atom. The zero-order valence-corrected chi connectivity index (χ0v) is 15.0. The van der Waals surface area contributed by atoms with Crippen LogP contribution < -0.4 is 10.9 Å².